The molecule has 1 unspecified atom stereocenters. The summed E-state index contributed by atoms with van der Waals surface area (Å²) in [6.45, 7) is 1.94. The van der Waals surface area contributed by atoms with E-state index in [1.807, 2.05) is 31.2 Å². The molecule has 0 saturated carbocycles. The van der Waals surface area contributed by atoms with Gasteiger partial charge < -0.3 is 9.73 Å². The van der Waals surface area contributed by atoms with Crippen molar-refractivity contribution in [3.05, 3.63) is 59.5 Å². The van der Waals surface area contributed by atoms with Crippen molar-refractivity contribution in [1.82, 2.24) is 5.32 Å². The zero-order valence-electron chi connectivity index (χ0n) is 9.88. The molecule has 1 amide bonds. The molecule has 1 N–H and O–H groups in total. The Balaban J connectivity index is 2.16. The van der Waals surface area contributed by atoms with Gasteiger partial charge in [0.1, 0.15) is 6.04 Å². The van der Waals surface area contributed by atoms with Crippen LogP contribution in [0.1, 0.15) is 27.7 Å². The Labute approximate surface area is 105 Å². The molecular formula is C14H12N2O2. The molecule has 0 bridgehead atoms. The summed E-state index contributed by atoms with van der Waals surface area (Å²) in [5, 5.41) is 11.7. The van der Waals surface area contributed by atoms with Gasteiger partial charge in [0, 0.05) is 0 Å². The minimum Gasteiger partial charge on any atom is -0.459 e. The summed E-state index contributed by atoms with van der Waals surface area (Å²) < 4.78 is 4.98. The lowest BCUT2D eigenvalue weighted by Crippen LogP contribution is -2.27. The number of carbonyl (C=O) groups excluding carboxylic acids is 1. The number of benzene rings is 1. The van der Waals surface area contributed by atoms with Gasteiger partial charge in [-0.3, -0.25) is 4.79 Å². The summed E-state index contributed by atoms with van der Waals surface area (Å²) >= 11 is 0. The number of hydrogen-bond acceptors (Lipinski definition) is 3. The highest BCUT2D eigenvalue weighted by atomic mass is 16.3. The second-order valence-electron chi connectivity index (χ2n) is 3.93. The van der Waals surface area contributed by atoms with Crippen molar-refractivity contribution >= 4 is 5.91 Å². The van der Waals surface area contributed by atoms with Crippen molar-refractivity contribution in [2.75, 3.05) is 0 Å². The summed E-state index contributed by atoms with van der Waals surface area (Å²) in [5.74, 6) is -0.198. The van der Waals surface area contributed by atoms with Crippen molar-refractivity contribution in [2.24, 2.45) is 0 Å². The van der Waals surface area contributed by atoms with Gasteiger partial charge in [-0.25, -0.2) is 0 Å². The standard InChI is InChI=1S/C14H12N2O2/c1-10-4-2-5-11(8-10)12(9-15)16-14(17)13-6-3-7-18-13/h2-8,12H,1H3,(H,16,17). The first-order chi connectivity index (χ1) is 8.70. The Morgan fingerprint density at radius 2 is 2.22 bits per heavy atom. The lowest BCUT2D eigenvalue weighted by atomic mass is 10.1. The molecule has 1 aromatic heterocycles. The summed E-state index contributed by atoms with van der Waals surface area (Å²) in [6, 6.07) is 12.0. The number of aryl methyl sites for hydroxylation is 1. The minimum absolute atomic E-state index is 0.197. The van der Waals surface area contributed by atoms with Crippen molar-refractivity contribution in [2.45, 2.75) is 13.0 Å². The predicted octanol–water partition coefficient (Wildman–Crippen LogP) is 2.58. The lowest BCUT2D eigenvalue weighted by Gasteiger charge is -2.11. The van der Waals surface area contributed by atoms with Gasteiger partial charge in [-0.2, -0.15) is 5.26 Å². The van der Waals surface area contributed by atoms with Crippen LogP contribution in [0.2, 0.25) is 0 Å². The molecule has 2 aromatic rings. The average molecular weight is 240 g/mol. The van der Waals surface area contributed by atoms with E-state index in [-0.39, 0.29) is 5.76 Å². The Morgan fingerprint density at radius 1 is 1.39 bits per heavy atom. The summed E-state index contributed by atoms with van der Waals surface area (Å²) in [5.41, 5.74) is 1.80. The highest BCUT2D eigenvalue weighted by Gasteiger charge is 2.16. The molecule has 1 aromatic carbocycles. The van der Waals surface area contributed by atoms with E-state index in [1.54, 1.807) is 12.1 Å². The van der Waals surface area contributed by atoms with E-state index >= 15 is 0 Å². The molecule has 90 valence electrons. The Bertz CT molecular complexity index is 582. The summed E-state index contributed by atoms with van der Waals surface area (Å²) in [7, 11) is 0. The molecule has 0 fully saturated rings. The van der Waals surface area contributed by atoms with E-state index in [0.717, 1.165) is 11.1 Å². The SMILES string of the molecule is Cc1cccc(C(C#N)NC(=O)c2ccco2)c1. The van der Waals surface area contributed by atoms with E-state index in [0.29, 0.717) is 0 Å². The van der Waals surface area contributed by atoms with Crippen LogP contribution >= 0.6 is 0 Å². The van der Waals surface area contributed by atoms with Gasteiger partial charge in [-0.1, -0.05) is 29.8 Å². The number of nitrogens with zero attached hydrogens (tertiary/aromatic N) is 1. The van der Waals surface area contributed by atoms with Crippen molar-refractivity contribution < 1.29 is 9.21 Å². The minimum atomic E-state index is -0.678. The smallest absolute Gasteiger partial charge is 0.288 e. The topological polar surface area (TPSA) is 66.0 Å². The second-order valence-corrected chi connectivity index (χ2v) is 3.93. The molecule has 0 aliphatic heterocycles. The first-order valence-corrected chi connectivity index (χ1v) is 5.51. The first kappa shape index (κ1) is 11.9. The molecule has 0 aliphatic carbocycles. The molecule has 1 heterocycles. The Morgan fingerprint density at radius 3 is 2.83 bits per heavy atom. The largest absolute Gasteiger partial charge is 0.459 e. The Hall–Kier alpha value is -2.54. The summed E-state index contributed by atoms with van der Waals surface area (Å²) in [4.78, 5) is 11.8. The maximum Gasteiger partial charge on any atom is 0.288 e. The van der Waals surface area contributed by atoms with Crippen LogP contribution < -0.4 is 5.32 Å². The van der Waals surface area contributed by atoms with Crippen LogP contribution in [0.4, 0.5) is 0 Å². The number of furan rings is 1. The maximum atomic E-state index is 11.8. The molecule has 1 atom stereocenters. The predicted molar refractivity (Wildman–Crippen MR) is 65.7 cm³/mol. The first-order valence-electron chi connectivity index (χ1n) is 5.51. The highest BCUT2D eigenvalue weighted by molar-refractivity contribution is 5.91. The quantitative estimate of drug-likeness (QED) is 0.896. The molecule has 0 spiro atoms. The van der Waals surface area contributed by atoms with Gasteiger partial charge in [0.2, 0.25) is 0 Å². The third-order valence-electron chi connectivity index (χ3n) is 2.52. The third kappa shape index (κ3) is 2.58. The van der Waals surface area contributed by atoms with Crippen molar-refractivity contribution in [1.29, 1.82) is 5.26 Å². The molecule has 4 nitrogen and oxygen atoms in total. The highest BCUT2D eigenvalue weighted by Crippen LogP contribution is 2.14. The van der Waals surface area contributed by atoms with Crippen LogP contribution in [0, 0.1) is 18.3 Å². The fourth-order valence-corrected chi connectivity index (χ4v) is 1.65. The number of nitrogens with one attached hydrogen (secondary N) is 1. The number of amides is 1. The fourth-order valence-electron chi connectivity index (χ4n) is 1.65. The van der Waals surface area contributed by atoms with Crippen LogP contribution in [0.15, 0.2) is 47.1 Å². The van der Waals surface area contributed by atoms with Crippen LogP contribution in [-0.4, -0.2) is 5.91 Å². The van der Waals surface area contributed by atoms with Crippen LogP contribution in [-0.2, 0) is 0 Å². The van der Waals surface area contributed by atoms with Gasteiger partial charge in [-0.15, -0.1) is 0 Å². The molecule has 0 saturated heterocycles. The normalized spacial score (nSPS) is 11.6. The fraction of sp³-hybridized carbons (Fsp3) is 0.143. The average Bonchev–Trinajstić information content (AvgIpc) is 2.89. The molecule has 2 rings (SSSR count). The molecular weight excluding hydrogens is 228 g/mol. The van der Waals surface area contributed by atoms with E-state index in [4.69, 9.17) is 9.68 Å². The van der Waals surface area contributed by atoms with Crippen LogP contribution in [0.5, 0.6) is 0 Å². The lowest BCUT2D eigenvalue weighted by molar-refractivity contribution is 0.0917. The molecule has 0 radical (unpaired) electrons. The van der Waals surface area contributed by atoms with Gasteiger partial charge in [0.25, 0.3) is 5.91 Å². The van der Waals surface area contributed by atoms with E-state index in [2.05, 4.69) is 11.4 Å². The molecule has 4 heteroatoms. The molecule has 18 heavy (non-hydrogen) atoms. The Kier molecular flexibility index (Phi) is 3.44. The van der Waals surface area contributed by atoms with Gasteiger partial charge in [-0.05, 0) is 24.6 Å². The van der Waals surface area contributed by atoms with E-state index < -0.39 is 11.9 Å². The zero-order chi connectivity index (χ0) is 13.0. The number of hydrogen-bond donors (Lipinski definition) is 1. The van der Waals surface area contributed by atoms with Gasteiger partial charge >= 0.3 is 0 Å². The summed E-state index contributed by atoms with van der Waals surface area (Å²) in [6.07, 6.45) is 1.42. The maximum absolute atomic E-state index is 11.8. The second kappa shape index (κ2) is 5.19. The van der Waals surface area contributed by atoms with E-state index in [9.17, 15) is 4.79 Å². The number of nitriles is 1. The number of carbonyl (C=O) groups is 1. The molecule has 0 aliphatic rings. The number of rotatable bonds is 3. The van der Waals surface area contributed by atoms with Crippen LogP contribution in [0.3, 0.4) is 0 Å². The van der Waals surface area contributed by atoms with Crippen LogP contribution in [0.25, 0.3) is 0 Å². The zero-order valence-corrected chi connectivity index (χ0v) is 9.88. The van der Waals surface area contributed by atoms with Gasteiger partial charge in [0.15, 0.2) is 5.76 Å². The monoisotopic (exact) mass is 240 g/mol. The van der Waals surface area contributed by atoms with E-state index in [1.165, 1.54) is 6.26 Å². The van der Waals surface area contributed by atoms with Gasteiger partial charge in [0.05, 0.1) is 12.3 Å². The van der Waals surface area contributed by atoms with Crippen molar-refractivity contribution in [3.8, 4) is 6.07 Å². The third-order valence-corrected chi connectivity index (χ3v) is 2.52. The van der Waals surface area contributed by atoms with Crippen molar-refractivity contribution in [3.63, 3.8) is 0 Å².